The first kappa shape index (κ1) is 20.4. The maximum absolute atomic E-state index is 12.3. The van der Waals surface area contributed by atoms with E-state index in [4.69, 9.17) is 0 Å². The quantitative estimate of drug-likeness (QED) is 0.600. The van der Waals surface area contributed by atoms with Crippen LogP contribution in [0.3, 0.4) is 0 Å². The highest BCUT2D eigenvalue weighted by molar-refractivity contribution is 5.97. The Morgan fingerprint density at radius 1 is 1.03 bits per heavy atom. The summed E-state index contributed by atoms with van der Waals surface area (Å²) in [4.78, 5) is 36.2. The Morgan fingerprint density at radius 2 is 1.69 bits per heavy atom. The highest BCUT2D eigenvalue weighted by Crippen LogP contribution is 2.27. The second kappa shape index (κ2) is 9.23. The largest absolute Gasteiger partial charge is 0.336 e. The third-order valence-corrected chi connectivity index (χ3v) is 4.68. The summed E-state index contributed by atoms with van der Waals surface area (Å²) < 4.78 is 0. The van der Waals surface area contributed by atoms with Gasteiger partial charge in [0, 0.05) is 35.4 Å². The molecule has 0 saturated carbocycles. The van der Waals surface area contributed by atoms with Crippen molar-refractivity contribution in [1.82, 2.24) is 5.32 Å². The molecule has 0 bridgehead atoms. The molecule has 7 nitrogen and oxygen atoms in total. The second-order valence-electron chi connectivity index (χ2n) is 7.46. The maximum Gasteiger partial charge on any atom is 0.319 e. The number of para-hydroxylation sites is 1. The Balaban J connectivity index is 1.47. The number of amides is 4. The van der Waals surface area contributed by atoms with E-state index in [0.29, 0.717) is 24.2 Å². The van der Waals surface area contributed by atoms with E-state index in [2.05, 4.69) is 21.3 Å². The van der Waals surface area contributed by atoms with E-state index < -0.39 is 0 Å². The van der Waals surface area contributed by atoms with Gasteiger partial charge in [0.1, 0.15) is 0 Å². The van der Waals surface area contributed by atoms with E-state index in [1.54, 1.807) is 24.3 Å². The van der Waals surface area contributed by atoms with Crippen LogP contribution in [-0.2, 0) is 16.0 Å². The van der Waals surface area contributed by atoms with Crippen LogP contribution >= 0.6 is 0 Å². The Morgan fingerprint density at radius 3 is 2.38 bits per heavy atom. The van der Waals surface area contributed by atoms with Crippen LogP contribution in [0.25, 0.3) is 0 Å². The van der Waals surface area contributed by atoms with Gasteiger partial charge in [-0.1, -0.05) is 18.2 Å². The summed E-state index contributed by atoms with van der Waals surface area (Å²) in [5.41, 5.74) is 3.23. The zero-order valence-electron chi connectivity index (χ0n) is 16.6. The highest BCUT2D eigenvalue weighted by Gasteiger charge is 2.26. The molecule has 1 atom stereocenters. The molecule has 3 rings (SSSR count). The van der Waals surface area contributed by atoms with Gasteiger partial charge in [0.05, 0.1) is 0 Å². The fourth-order valence-corrected chi connectivity index (χ4v) is 3.24. The number of carbonyl (C=O) groups excluding carboxylic acids is 3. The Kier molecular flexibility index (Phi) is 6.49. The van der Waals surface area contributed by atoms with Crippen LogP contribution in [0.1, 0.15) is 32.3 Å². The first-order valence-electron chi connectivity index (χ1n) is 9.77. The standard InChI is InChI=1S/C22H26N4O3/c1-14(2)23-22(29)25-18-10-8-17(9-11-18)24-20(27)12-7-16-13-15-5-3-4-6-19(15)26-21(16)28/h3-6,8-11,14,16H,7,12-13H2,1-2H3,(H,24,27)(H,26,28)(H2,23,25,29). The Labute approximate surface area is 170 Å². The minimum atomic E-state index is -0.274. The number of benzene rings is 2. The lowest BCUT2D eigenvalue weighted by Crippen LogP contribution is -2.34. The van der Waals surface area contributed by atoms with Gasteiger partial charge in [0.2, 0.25) is 11.8 Å². The molecular weight excluding hydrogens is 368 g/mol. The summed E-state index contributed by atoms with van der Waals surface area (Å²) in [7, 11) is 0. The zero-order chi connectivity index (χ0) is 20.8. The summed E-state index contributed by atoms with van der Waals surface area (Å²) in [6, 6.07) is 14.4. The molecule has 2 aromatic carbocycles. The summed E-state index contributed by atoms with van der Waals surface area (Å²) in [6.45, 7) is 3.77. The molecule has 0 radical (unpaired) electrons. The molecule has 0 aliphatic carbocycles. The summed E-state index contributed by atoms with van der Waals surface area (Å²) >= 11 is 0. The number of hydrogen-bond acceptors (Lipinski definition) is 3. The molecular formula is C22H26N4O3. The molecule has 152 valence electrons. The number of fused-ring (bicyclic) bond motifs is 1. The average molecular weight is 394 g/mol. The number of urea groups is 1. The van der Waals surface area contributed by atoms with Crippen molar-refractivity contribution in [2.75, 3.05) is 16.0 Å². The van der Waals surface area contributed by atoms with Crippen molar-refractivity contribution >= 4 is 34.9 Å². The molecule has 29 heavy (non-hydrogen) atoms. The Hall–Kier alpha value is -3.35. The van der Waals surface area contributed by atoms with Crippen LogP contribution in [0.15, 0.2) is 48.5 Å². The van der Waals surface area contributed by atoms with E-state index >= 15 is 0 Å². The van der Waals surface area contributed by atoms with Gasteiger partial charge in [0.25, 0.3) is 0 Å². The molecule has 1 unspecified atom stereocenters. The number of anilines is 3. The molecule has 7 heteroatoms. The number of rotatable bonds is 6. The molecule has 0 fully saturated rings. The monoisotopic (exact) mass is 394 g/mol. The van der Waals surface area contributed by atoms with Crippen molar-refractivity contribution in [3.63, 3.8) is 0 Å². The first-order chi connectivity index (χ1) is 13.9. The minimum Gasteiger partial charge on any atom is -0.336 e. The summed E-state index contributed by atoms with van der Waals surface area (Å²) in [5.74, 6) is -0.386. The van der Waals surface area contributed by atoms with Crippen molar-refractivity contribution in [1.29, 1.82) is 0 Å². The smallest absolute Gasteiger partial charge is 0.319 e. The van der Waals surface area contributed by atoms with Crippen LogP contribution in [-0.4, -0.2) is 23.9 Å². The molecule has 4 amide bonds. The molecule has 0 saturated heterocycles. The molecule has 1 aliphatic rings. The van der Waals surface area contributed by atoms with Crippen molar-refractivity contribution in [3.8, 4) is 0 Å². The lowest BCUT2D eigenvalue weighted by Gasteiger charge is -2.24. The van der Waals surface area contributed by atoms with Crippen molar-refractivity contribution in [2.24, 2.45) is 5.92 Å². The van der Waals surface area contributed by atoms with Gasteiger partial charge in [-0.2, -0.15) is 0 Å². The van der Waals surface area contributed by atoms with Crippen molar-refractivity contribution in [3.05, 3.63) is 54.1 Å². The van der Waals surface area contributed by atoms with E-state index in [9.17, 15) is 14.4 Å². The highest BCUT2D eigenvalue weighted by atomic mass is 16.2. The number of carbonyl (C=O) groups is 3. The van der Waals surface area contributed by atoms with Crippen LogP contribution in [0, 0.1) is 5.92 Å². The minimum absolute atomic E-state index is 0.0356. The lowest BCUT2D eigenvalue weighted by molar-refractivity contribution is -0.121. The van der Waals surface area contributed by atoms with Crippen LogP contribution in [0.4, 0.5) is 21.9 Å². The van der Waals surface area contributed by atoms with Gasteiger partial charge in [0.15, 0.2) is 0 Å². The molecule has 1 heterocycles. The number of nitrogens with one attached hydrogen (secondary N) is 4. The van der Waals surface area contributed by atoms with E-state index in [1.165, 1.54) is 0 Å². The fourth-order valence-electron chi connectivity index (χ4n) is 3.24. The van der Waals surface area contributed by atoms with Gasteiger partial charge in [-0.15, -0.1) is 0 Å². The Bertz CT molecular complexity index is 893. The molecule has 0 spiro atoms. The molecule has 2 aromatic rings. The van der Waals surface area contributed by atoms with Gasteiger partial charge in [-0.3, -0.25) is 9.59 Å². The third-order valence-electron chi connectivity index (χ3n) is 4.68. The van der Waals surface area contributed by atoms with Gasteiger partial charge >= 0.3 is 6.03 Å². The van der Waals surface area contributed by atoms with Crippen molar-refractivity contribution in [2.45, 2.75) is 39.2 Å². The molecule has 0 aromatic heterocycles. The SMILES string of the molecule is CC(C)NC(=O)Nc1ccc(NC(=O)CCC2Cc3ccccc3NC2=O)cc1. The van der Waals surface area contributed by atoms with Crippen LogP contribution < -0.4 is 21.3 Å². The van der Waals surface area contributed by atoms with E-state index in [1.807, 2.05) is 38.1 Å². The van der Waals surface area contributed by atoms with Gasteiger partial charge in [-0.05, 0) is 62.6 Å². The predicted molar refractivity (Wildman–Crippen MR) is 114 cm³/mol. The third kappa shape index (κ3) is 5.81. The second-order valence-corrected chi connectivity index (χ2v) is 7.46. The normalized spacial score (nSPS) is 15.3. The number of hydrogen-bond donors (Lipinski definition) is 4. The average Bonchev–Trinajstić information content (AvgIpc) is 2.67. The lowest BCUT2D eigenvalue weighted by atomic mass is 9.89. The summed E-state index contributed by atoms with van der Waals surface area (Å²) in [5, 5.41) is 11.2. The fraction of sp³-hybridized carbons (Fsp3) is 0.318. The topological polar surface area (TPSA) is 99.3 Å². The van der Waals surface area contributed by atoms with Crippen molar-refractivity contribution < 1.29 is 14.4 Å². The predicted octanol–water partition coefficient (Wildman–Crippen LogP) is 3.75. The molecule has 1 aliphatic heterocycles. The van der Waals surface area contributed by atoms with Crippen LogP contribution in [0.5, 0.6) is 0 Å². The summed E-state index contributed by atoms with van der Waals surface area (Å²) in [6.07, 6.45) is 1.39. The maximum atomic E-state index is 12.3. The van der Waals surface area contributed by atoms with E-state index in [-0.39, 0.29) is 36.2 Å². The van der Waals surface area contributed by atoms with Gasteiger partial charge in [-0.25, -0.2) is 4.79 Å². The van der Waals surface area contributed by atoms with E-state index in [0.717, 1.165) is 11.3 Å². The zero-order valence-corrected chi connectivity index (χ0v) is 16.6. The first-order valence-corrected chi connectivity index (χ1v) is 9.77. The van der Waals surface area contributed by atoms with Crippen LogP contribution in [0.2, 0.25) is 0 Å². The van der Waals surface area contributed by atoms with Gasteiger partial charge < -0.3 is 21.3 Å². The molecule has 4 N–H and O–H groups in total.